The van der Waals surface area contributed by atoms with Gasteiger partial charge in [-0.15, -0.1) is 0 Å². The summed E-state index contributed by atoms with van der Waals surface area (Å²) < 4.78 is 24.1. The van der Waals surface area contributed by atoms with Crippen LogP contribution in [0.5, 0.6) is 23.0 Å². The molecule has 0 N–H and O–H groups in total. The first kappa shape index (κ1) is 63.8. The Morgan fingerprint density at radius 3 is 0.941 bits per heavy atom. The molecule has 0 amide bonds. The lowest BCUT2D eigenvalue weighted by atomic mass is 9.85. The highest BCUT2D eigenvalue weighted by Gasteiger charge is 2.27. The molecular weight excluding hydrogens is 1250 g/mol. The topological polar surface area (TPSA) is 89.7 Å². The molecule has 0 bridgehead atoms. The van der Waals surface area contributed by atoms with E-state index >= 15 is 0 Å². The van der Waals surface area contributed by atoms with Crippen LogP contribution < -0.4 is 9.47 Å². The predicted molar refractivity (Wildman–Crippen MR) is 423 cm³/mol. The van der Waals surface area contributed by atoms with Gasteiger partial charge in [-0.2, -0.15) is 0 Å². The van der Waals surface area contributed by atoms with E-state index in [0.29, 0.717) is 34.4 Å². The van der Waals surface area contributed by atoms with Gasteiger partial charge >= 0.3 is 0 Å². The van der Waals surface area contributed by atoms with Crippen LogP contribution in [0.3, 0.4) is 0 Å². The van der Waals surface area contributed by atoms with Crippen LogP contribution in [0.25, 0.3) is 133 Å². The number of fused-ring (bicyclic) bond motifs is 12. The maximum absolute atomic E-state index is 7.41. The van der Waals surface area contributed by atoms with Crippen molar-refractivity contribution in [3.05, 3.63) is 277 Å². The van der Waals surface area contributed by atoms with Crippen molar-refractivity contribution in [1.82, 2.24) is 38.2 Å². The van der Waals surface area contributed by atoms with Gasteiger partial charge in [-0.1, -0.05) is 156 Å². The van der Waals surface area contributed by atoms with E-state index in [-0.39, 0.29) is 21.7 Å². The van der Waals surface area contributed by atoms with Crippen molar-refractivity contribution in [2.45, 2.75) is 119 Å². The third-order valence-corrected chi connectivity index (χ3v) is 20.6. The number of benzene rings is 10. The first-order chi connectivity index (χ1) is 48.9. The molecule has 17 aromatic rings. The van der Waals surface area contributed by atoms with Gasteiger partial charge in [-0.05, 0) is 202 Å². The van der Waals surface area contributed by atoms with Crippen molar-refractivity contribution >= 4 is 87.2 Å². The van der Waals surface area contributed by atoms with Gasteiger partial charge in [0.25, 0.3) is 0 Å². The molecule has 17 rings (SSSR count). The number of hydrogen-bond donors (Lipinski definition) is 0. The summed E-state index contributed by atoms with van der Waals surface area (Å²) in [7, 11) is 0. The summed E-state index contributed by atoms with van der Waals surface area (Å²) in [5, 5.41) is 9.28. The first-order valence-corrected chi connectivity index (χ1v) is 35.5. The smallest absolute Gasteiger partial charge is 0.152 e. The Kier molecular flexibility index (Phi) is 14.7. The minimum Gasteiger partial charge on any atom is -0.455 e. The van der Waals surface area contributed by atoms with E-state index in [2.05, 4.69) is 321 Å². The Labute approximate surface area is 595 Å². The van der Waals surface area contributed by atoms with Crippen molar-refractivity contribution in [2.75, 3.05) is 0 Å². The fraction of sp³-hybridized carbons (Fsp3) is 0.196. The van der Waals surface area contributed by atoms with Crippen molar-refractivity contribution in [2.24, 2.45) is 0 Å². The van der Waals surface area contributed by atoms with Gasteiger partial charge in [0.2, 0.25) is 0 Å². The normalized spacial score (nSPS) is 12.6. The third kappa shape index (κ3) is 10.9. The van der Waals surface area contributed by atoms with Gasteiger partial charge in [0.05, 0.1) is 79.3 Å². The quantitative estimate of drug-likeness (QED) is 0.136. The van der Waals surface area contributed by atoms with Gasteiger partial charge in [0.1, 0.15) is 23.1 Å². The second kappa shape index (κ2) is 23.5. The number of nitrogens with zero attached hydrogens (tertiary/aromatic N) is 8. The lowest BCUT2D eigenvalue weighted by Crippen LogP contribution is -2.10. The van der Waals surface area contributed by atoms with Gasteiger partial charge in [0.15, 0.2) is 11.5 Å². The second-order valence-corrected chi connectivity index (χ2v) is 31.9. The van der Waals surface area contributed by atoms with E-state index in [0.717, 1.165) is 111 Å². The van der Waals surface area contributed by atoms with E-state index in [9.17, 15) is 0 Å². The molecule has 0 atom stereocenters. The van der Waals surface area contributed by atoms with E-state index < -0.39 is 0 Å². The molecule has 10 nitrogen and oxygen atoms in total. The number of hydrogen-bond acceptors (Lipinski definition) is 6. The number of rotatable bonds is 10. The highest BCUT2D eigenvalue weighted by atomic mass is 16.5. The monoisotopic (exact) mass is 1330 g/mol. The zero-order chi connectivity index (χ0) is 70.5. The number of aromatic nitrogens is 8. The van der Waals surface area contributed by atoms with E-state index in [1.165, 1.54) is 43.8 Å². The van der Waals surface area contributed by atoms with Crippen LogP contribution in [-0.4, -0.2) is 38.2 Å². The Balaban J connectivity index is 0.823. The fourth-order valence-corrected chi connectivity index (χ4v) is 15.0. The van der Waals surface area contributed by atoms with Crippen LogP contribution in [0.2, 0.25) is 0 Å². The average Bonchev–Trinajstić information content (AvgIpc) is 1.56. The van der Waals surface area contributed by atoms with Crippen LogP contribution in [0.1, 0.15) is 116 Å². The van der Waals surface area contributed by atoms with E-state index in [1.807, 2.05) is 36.9 Å². The molecule has 10 heteroatoms. The summed E-state index contributed by atoms with van der Waals surface area (Å²) >= 11 is 0. The number of ether oxygens (including phenoxy) is 2. The minimum absolute atomic E-state index is 0.0625. The third-order valence-electron chi connectivity index (χ3n) is 20.6. The second-order valence-electron chi connectivity index (χ2n) is 31.9. The first-order valence-electron chi connectivity index (χ1n) is 35.5. The highest BCUT2D eigenvalue weighted by molar-refractivity contribution is 6.13. The van der Waals surface area contributed by atoms with Crippen LogP contribution in [0.4, 0.5) is 0 Å². The summed E-state index contributed by atoms with van der Waals surface area (Å²) in [4.78, 5) is 20.4. The molecule has 102 heavy (non-hydrogen) atoms. The number of para-hydroxylation sites is 2. The summed E-state index contributed by atoms with van der Waals surface area (Å²) in [6, 6.07) is 79.0. The Bertz CT molecular complexity index is 5740. The van der Waals surface area contributed by atoms with Crippen LogP contribution in [-0.2, 0) is 21.7 Å². The molecule has 0 spiro atoms. The fourth-order valence-electron chi connectivity index (χ4n) is 15.0. The number of pyridine rings is 2. The lowest BCUT2D eigenvalue weighted by Gasteiger charge is -2.20. The van der Waals surface area contributed by atoms with Crippen molar-refractivity contribution in [3.63, 3.8) is 0 Å². The standard InChI is InChI=1S/C92H82N8O2/c1-55-39-41-93-87(43-55)99-75-21-17-15-19-65(75)67-31-29-63(51-83(67)99)101-85-45-57(23-33-81(85)97-77-35-25-59(89(3,4)5)47-69(77)70-48-60(90(6,7)8)26-36-78(70)97)73-53-96-74(54-95-73)58-24-34-82(98-79-37-27-61(91(9,10)11)49-71(79)72-50-62(92(12,13)14)28-38-80(72)98)86(46-58)102-64-30-32-68-66-20-16-18-22-76(66)100(84(68)52-64)88-44-56(2)40-42-94-88/h15-54H,1-14H3. The molecule has 0 radical (unpaired) electrons. The van der Waals surface area contributed by atoms with Crippen molar-refractivity contribution in [1.29, 1.82) is 0 Å². The molecule has 7 heterocycles. The molecule has 502 valence electrons. The number of aryl methyl sites for hydroxylation is 2. The largest absolute Gasteiger partial charge is 0.455 e. The van der Waals surface area contributed by atoms with Crippen molar-refractivity contribution < 1.29 is 9.47 Å². The van der Waals surface area contributed by atoms with Crippen LogP contribution in [0.15, 0.2) is 243 Å². The van der Waals surface area contributed by atoms with Crippen LogP contribution >= 0.6 is 0 Å². The molecule has 7 aromatic heterocycles. The maximum atomic E-state index is 7.41. The summed E-state index contributed by atoms with van der Waals surface area (Å²) in [5.41, 5.74) is 20.5. The summed E-state index contributed by atoms with van der Waals surface area (Å²) in [6.07, 6.45) is 7.52. The summed E-state index contributed by atoms with van der Waals surface area (Å²) in [5.74, 6) is 4.38. The molecule has 0 fully saturated rings. The van der Waals surface area contributed by atoms with Gasteiger partial charge in [-0.25, -0.2) is 9.97 Å². The van der Waals surface area contributed by atoms with Gasteiger partial charge in [-0.3, -0.25) is 19.1 Å². The molecule has 0 aliphatic carbocycles. The maximum Gasteiger partial charge on any atom is 0.152 e. The molecule has 0 saturated carbocycles. The molecule has 0 saturated heterocycles. The lowest BCUT2D eigenvalue weighted by molar-refractivity contribution is 0.481. The zero-order valence-electron chi connectivity index (χ0n) is 60.5. The average molecular weight is 1330 g/mol. The van der Waals surface area contributed by atoms with Gasteiger partial charge < -0.3 is 18.6 Å². The Morgan fingerprint density at radius 1 is 0.275 bits per heavy atom. The molecule has 0 aliphatic rings. The van der Waals surface area contributed by atoms with Crippen LogP contribution in [0, 0.1) is 13.8 Å². The Morgan fingerprint density at radius 2 is 0.608 bits per heavy atom. The van der Waals surface area contributed by atoms with E-state index in [1.54, 1.807) is 0 Å². The molecule has 0 unspecified atom stereocenters. The van der Waals surface area contributed by atoms with Gasteiger partial charge in [0, 0.05) is 78.7 Å². The van der Waals surface area contributed by atoms with Crippen molar-refractivity contribution in [3.8, 4) is 68.5 Å². The summed E-state index contributed by atoms with van der Waals surface area (Å²) in [6.45, 7) is 31.6. The predicted octanol–water partition coefficient (Wildman–Crippen LogP) is 24.4. The SMILES string of the molecule is Cc1ccnc(-n2c3ccccc3c3ccc(Oc4cc(-c5cnc(-c6ccc(-n7c8ccc(C(C)(C)C)cc8c8cc(C(C)(C)C)ccc87)c(Oc7ccc8c9ccccc9n(-c9cc(C)ccn9)c8c7)c6)cn5)ccc4-n4c5ccc(C(C)(C)C)cc5c5cc(C(C)(C)C)ccc54)cc32)c1. The highest BCUT2D eigenvalue weighted by Crippen LogP contribution is 2.46. The molecule has 10 aromatic carbocycles. The molecular formula is C92H82N8O2. The molecule has 0 aliphatic heterocycles. The minimum atomic E-state index is -0.0625. The van der Waals surface area contributed by atoms with E-state index in [4.69, 9.17) is 29.4 Å². The zero-order valence-corrected chi connectivity index (χ0v) is 60.5. The Hall–Kier alpha value is -11.6.